The van der Waals surface area contributed by atoms with Crippen LogP contribution in [0.5, 0.6) is 11.5 Å². The number of hydrogen-bond donors (Lipinski definition) is 1. The number of halogens is 4. The molecule has 1 aromatic carbocycles. The molecule has 1 aliphatic heterocycles. The van der Waals surface area contributed by atoms with Crippen molar-refractivity contribution in [3.63, 3.8) is 0 Å². The van der Waals surface area contributed by atoms with Crippen LogP contribution in [0.2, 0.25) is 0 Å². The van der Waals surface area contributed by atoms with Crippen LogP contribution in [0, 0.1) is 0 Å². The Balaban J connectivity index is 0.00000264. The molecule has 0 radical (unpaired) electrons. The third-order valence-electron chi connectivity index (χ3n) is 3.13. The number of likely N-dealkylation sites (N-methyl/N-ethyl adjacent to an activating group) is 1. The number of nitrogens with zero attached hydrogens (tertiary/aromatic N) is 2. The monoisotopic (exact) mass is 445 g/mol. The average Bonchev–Trinajstić information content (AvgIpc) is 2.87. The van der Waals surface area contributed by atoms with Crippen LogP contribution in [0.15, 0.2) is 23.2 Å². The van der Waals surface area contributed by atoms with Crippen molar-refractivity contribution in [3.8, 4) is 11.5 Å². The molecular weight excluding hydrogens is 426 g/mol. The zero-order valence-electron chi connectivity index (χ0n) is 12.8. The lowest BCUT2D eigenvalue weighted by Crippen LogP contribution is -2.35. The van der Waals surface area contributed by atoms with Crippen molar-refractivity contribution in [1.29, 1.82) is 0 Å². The summed E-state index contributed by atoms with van der Waals surface area (Å²) in [6.07, 6.45) is -4.38. The second-order valence-corrected chi connectivity index (χ2v) is 4.87. The van der Waals surface area contributed by atoms with Crippen LogP contribution < -0.4 is 14.8 Å². The van der Waals surface area contributed by atoms with Gasteiger partial charge in [0.05, 0.1) is 13.7 Å². The highest BCUT2D eigenvalue weighted by Gasteiger charge is 2.29. The molecule has 0 fully saturated rings. The molecule has 1 N–H and O–H groups in total. The van der Waals surface area contributed by atoms with Crippen molar-refractivity contribution in [1.82, 2.24) is 10.2 Å². The summed E-state index contributed by atoms with van der Waals surface area (Å²) in [5.41, 5.74) is 0.860. The highest BCUT2D eigenvalue weighted by atomic mass is 127. The first-order valence-corrected chi connectivity index (χ1v) is 6.75. The lowest BCUT2D eigenvalue weighted by atomic mass is 10.2. The Morgan fingerprint density at radius 1 is 1.30 bits per heavy atom. The Bertz CT molecular complexity index is 553. The zero-order valence-corrected chi connectivity index (χ0v) is 15.1. The fraction of sp³-hybridized carbons (Fsp3) is 0.500. The molecule has 0 aromatic heterocycles. The largest absolute Gasteiger partial charge is 0.493 e. The van der Waals surface area contributed by atoms with Crippen molar-refractivity contribution in [2.45, 2.75) is 12.7 Å². The highest BCUT2D eigenvalue weighted by Crippen LogP contribution is 2.29. The van der Waals surface area contributed by atoms with Gasteiger partial charge < -0.3 is 19.7 Å². The Morgan fingerprint density at radius 2 is 2.04 bits per heavy atom. The lowest BCUT2D eigenvalue weighted by molar-refractivity contribution is -0.153. The van der Waals surface area contributed by atoms with Gasteiger partial charge in [-0.05, 0) is 17.7 Å². The minimum Gasteiger partial charge on any atom is -0.493 e. The van der Waals surface area contributed by atoms with Gasteiger partial charge in [0, 0.05) is 20.1 Å². The fourth-order valence-corrected chi connectivity index (χ4v) is 2.01. The second kappa shape index (κ2) is 8.46. The summed E-state index contributed by atoms with van der Waals surface area (Å²) in [6.45, 7) is 0.782. The average molecular weight is 445 g/mol. The molecule has 1 heterocycles. The van der Waals surface area contributed by atoms with Crippen molar-refractivity contribution in [2.24, 2.45) is 4.99 Å². The van der Waals surface area contributed by atoms with Gasteiger partial charge in [0.15, 0.2) is 24.1 Å². The molecule has 0 aliphatic carbocycles. The minimum atomic E-state index is -4.38. The number of methoxy groups -OCH3 is 1. The summed E-state index contributed by atoms with van der Waals surface area (Å²) >= 11 is 0. The van der Waals surface area contributed by atoms with E-state index in [4.69, 9.17) is 9.47 Å². The predicted octanol–water partition coefficient (Wildman–Crippen LogP) is 2.65. The number of ether oxygens (including phenoxy) is 2. The Kier molecular flexibility index (Phi) is 7.23. The van der Waals surface area contributed by atoms with Gasteiger partial charge in [0.1, 0.15) is 0 Å². The van der Waals surface area contributed by atoms with E-state index < -0.39 is 12.8 Å². The zero-order chi connectivity index (χ0) is 16.2. The van der Waals surface area contributed by atoms with Gasteiger partial charge in [0.25, 0.3) is 0 Å². The first kappa shape index (κ1) is 19.7. The SMILES string of the molecule is COc1cc(CNC2=NCCN2C)ccc1OCC(F)(F)F.I. The minimum absolute atomic E-state index is 0. The van der Waals surface area contributed by atoms with Gasteiger partial charge in [-0.15, -0.1) is 24.0 Å². The van der Waals surface area contributed by atoms with Gasteiger partial charge in [0.2, 0.25) is 0 Å². The van der Waals surface area contributed by atoms with Crippen molar-refractivity contribution in [3.05, 3.63) is 23.8 Å². The molecule has 1 aromatic rings. The quantitative estimate of drug-likeness (QED) is 0.709. The molecule has 2 rings (SSSR count). The van der Waals surface area contributed by atoms with Crippen LogP contribution in [-0.2, 0) is 6.54 Å². The maximum atomic E-state index is 12.2. The van der Waals surface area contributed by atoms with E-state index in [2.05, 4.69) is 10.3 Å². The Hall–Kier alpha value is -1.39. The van der Waals surface area contributed by atoms with E-state index in [9.17, 15) is 13.2 Å². The van der Waals surface area contributed by atoms with Crippen LogP contribution in [0.4, 0.5) is 13.2 Å². The van der Waals surface area contributed by atoms with Gasteiger partial charge >= 0.3 is 6.18 Å². The number of aliphatic imine (C=N–C) groups is 1. The Labute approximate surface area is 149 Å². The lowest BCUT2D eigenvalue weighted by Gasteiger charge is -2.16. The summed E-state index contributed by atoms with van der Waals surface area (Å²) in [5, 5.41) is 3.17. The van der Waals surface area contributed by atoms with E-state index in [0.29, 0.717) is 6.54 Å². The van der Waals surface area contributed by atoms with Crippen LogP contribution >= 0.6 is 24.0 Å². The van der Waals surface area contributed by atoms with E-state index in [0.717, 1.165) is 24.6 Å². The third kappa shape index (κ3) is 5.96. The predicted molar refractivity (Wildman–Crippen MR) is 91.7 cm³/mol. The van der Waals surface area contributed by atoms with Crippen molar-refractivity contribution >= 4 is 29.9 Å². The van der Waals surface area contributed by atoms with Gasteiger partial charge in [-0.3, -0.25) is 4.99 Å². The number of benzene rings is 1. The summed E-state index contributed by atoms with van der Waals surface area (Å²) in [7, 11) is 3.33. The van der Waals surface area contributed by atoms with Crippen LogP contribution in [-0.4, -0.2) is 50.9 Å². The molecule has 23 heavy (non-hydrogen) atoms. The normalized spacial score (nSPS) is 14.1. The smallest absolute Gasteiger partial charge is 0.422 e. The summed E-state index contributed by atoms with van der Waals surface area (Å²) in [5.74, 6) is 1.14. The molecule has 0 amide bonds. The summed E-state index contributed by atoms with van der Waals surface area (Å²) in [4.78, 5) is 6.30. The first-order valence-electron chi connectivity index (χ1n) is 6.75. The molecule has 130 valence electrons. The van der Waals surface area contributed by atoms with Crippen molar-refractivity contribution < 1.29 is 22.6 Å². The standard InChI is InChI=1S/C14H18F3N3O2.HI/c1-20-6-5-18-13(20)19-8-10-3-4-11(12(7-10)21-2)22-9-14(15,16)17;/h3-4,7H,5-6,8-9H2,1-2H3,(H,18,19);1H. The van der Waals surface area contributed by atoms with E-state index in [1.807, 2.05) is 11.9 Å². The van der Waals surface area contributed by atoms with Crippen LogP contribution in [0.3, 0.4) is 0 Å². The number of rotatable bonds is 5. The van der Waals surface area contributed by atoms with E-state index in [1.54, 1.807) is 12.1 Å². The molecule has 0 saturated heterocycles. The molecule has 5 nitrogen and oxygen atoms in total. The van der Waals surface area contributed by atoms with Gasteiger partial charge in [-0.1, -0.05) is 6.07 Å². The number of hydrogen-bond acceptors (Lipinski definition) is 5. The van der Waals surface area contributed by atoms with Crippen LogP contribution in [0.25, 0.3) is 0 Å². The molecule has 1 aliphatic rings. The molecule has 0 bridgehead atoms. The maximum Gasteiger partial charge on any atom is 0.422 e. The van der Waals surface area contributed by atoms with Gasteiger partial charge in [-0.25, -0.2) is 0 Å². The summed E-state index contributed by atoms with van der Waals surface area (Å²) in [6, 6.07) is 4.81. The molecular formula is C14H19F3IN3O2. The van der Waals surface area contributed by atoms with E-state index in [-0.39, 0.29) is 35.5 Å². The number of nitrogens with one attached hydrogen (secondary N) is 1. The molecule has 0 unspecified atom stereocenters. The van der Waals surface area contributed by atoms with Gasteiger partial charge in [-0.2, -0.15) is 13.2 Å². The first-order chi connectivity index (χ1) is 10.4. The maximum absolute atomic E-state index is 12.2. The highest BCUT2D eigenvalue weighted by molar-refractivity contribution is 14.0. The topological polar surface area (TPSA) is 46.1 Å². The van der Waals surface area contributed by atoms with E-state index >= 15 is 0 Å². The van der Waals surface area contributed by atoms with Crippen molar-refractivity contribution in [2.75, 3.05) is 33.9 Å². The second-order valence-electron chi connectivity index (χ2n) is 4.87. The summed E-state index contributed by atoms with van der Waals surface area (Å²) < 4.78 is 46.4. The Morgan fingerprint density at radius 3 is 2.61 bits per heavy atom. The third-order valence-corrected chi connectivity index (χ3v) is 3.13. The van der Waals surface area contributed by atoms with E-state index in [1.165, 1.54) is 13.2 Å². The molecule has 9 heteroatoms. The molecule has 0 saturated carbocycles. The number of alkyl halides is 3. The molecule has 0 spiro atoms. The van der Waals surface area contributed by atoms with Crippen LogP contribution in [0.1, 0.15) is 5.56 Å². The fourth-order valence-electron chi connectivity index (χ4n) is 2.01. The number of guanidine groups is 1. The molecule has 0 atom stereocenters.